The minimum atomic E-state index is -4.64. The first-order valence-corrected chi connectivity index (χ1v) is 2.35. The zero-order valence-electron chi connectivity index (χ0n) is 5.87. The SMILES string of the molecule is F.F.F.O=P(O)(O)O.[H-].[Na+].[V]. The molecule has 0 aliphatic heterocycles. The molecule has 0 rings (SSSR count). The van der Waals surface area contributed by atoms with Gasteiger partial charge in [-0.15, -0.1) is 0 Å². The van der Waals surface area contributed by atoms with Crippen LogP contribution in [0.15, 0.2) is 0 Å². The maximum atomic E-state index is 8.88. The summed E-state index contributed by atoms with van der Waals surface area (Å²) in [6, 6.07) is 0. The van der Waals surface area contributed by atoms with Gasteiger partial charge in [0.2, 0.25) is 0 Å². The summed E-state index contributed by atoms with van der Waals surface area (Å²) in [5, 5.41) is 0. The van der Waals surface area contributed by atoms with Crippen LogP contribution in [0.25, 0.3) is 0 Å². The summed E-state index contributed by atoms with van der Waals surface area (Å²) in [5.41, 5.74) is 0. The zero-order chi connectivity index (χ0) is 4.50. The quantitative estimate of drug-likeness (QED) is 0.301. The van der Waals surface area contributed by atoms with Gasteiger partial charge < -0.3 is 16.1 Å². The summed E-state index contributed by atoms with van der Waals surface area (Å²) >= 11 is 0. The third-order valence-electron chi connectivity index (χ3n) is 0. The van der Waals surface area contributed by atoms with Crippen LogP contribution in [0.1, 0.15) is 1.43 Å². The summed E-state index contributed by atoms with van der Waals surface area (Å²) in [4.78, 5) is 21.6. The Labute approximate surface area is 90.4 Å². The Kier molecular flexibility index (Phi) is 70.7. The van der Waals surface area contributed by atoms with E-state index < -0.39 is 7.82 Å². The van der Waals surface area contributed by atoms with Crippen molar-refractivity contribution in [2.45, 2.75) is 0 Å². The van der Waals surface area contributed by atoms with Gasteiger partial charge in [-0.2, -0.15) is 0 Å². The van der Waals surface area contributed by atoms with Crippen LogP contribution in [0.3, 0.4) is 0 Å². The third-order valence-corrected chi connectivity index (χ3v) is 0. The van der Waals surface area contributed by atoms with Gasteiger partial charge in [0.25, 0.3) is 0 Å². The van der Waals surface area contributed by atoms with Crippen LogP contribution >= 0.6 is 7.82 Å². The molecule has 0 fully saturated rings. The molecule has 0 bridgehead atoms. The fourth-order valence-corrected chi connectivity index (χ4v) is 0. The third kappa shape index (κ3) is 310. The molecule has 0 heterocycles. The Balaban J connectivity index is -0.00000000533. The molecule has 0 aliphatic rings. The first-order chi connectivity index (χ1) is 2.00. The molecule has 0 aliphatic carbocycles. The summed E-state index contributed by atoms with van der Waals surface area (Å²) in [7, 11) is -4.64. The topological polar surface area (TPSA) is 77.8 Å². The molecule has 0 unspecified atom stereocenters. The molecule has 0 atom stereocenters. The summed E-state index contributed by atoms with van der Waals surface area (Å²) in [5.74, 6) is 0. The van der Waals surface area contributed by atoms with E-state index in [9.17, 15) is 0 Å². The van der Waals surface area contributed by atoms with Crippen molar-refractivity contribution >= 4 is 7.82 Å². The first kappa shape index (κ1) is 42.0. The van der Waals surface area contributed by atoms with Crippen molar-refractivity contribution in [1.29, 1.82) is 0 Å². The van der Waals surface area contributed by atoms with E-state index in [-0.39, 0.29) is 63.7 Å². The van der Waals surface area contributed by atoms with Crippen LogP contribution in [0.5, 0.6) is 0 Å². The molecular formula is H7F3NaO4PV. The smallest absolute Gasteiger partial charge is 1.00 e. The number of rotatable bonds is 0. The van der Waals surface area contributed by atoms with Gasteiger partial charge in [0, 0.05) is 18.6 Å². The Morgan fingerprint density at radius 1 is 1.00 bits per heavy atom. The van der Waals surface area contributed by atoms with E-state index in [1.807, 2.05) is 0 Å². The Bertz CT molecular complexity index is 71.5. The standard InChI is InChI=1S/3FH.Na.H3O4P.V.H/c;;;;1-5(2,3)4;;/h3*1H;;(H3,1,2,3,4);;/q;;;+1;;;-1. The van der Waals surface area contributed by atoms with Crippen molar-refractivity contribution in [2.24, 2.45) is 0 Å². The summed E-state index contributed by atoms with van der Waals surface area (Å²) in [6.45, 7) is 0. The fraction of sp³-hybridized carbons (Fsp3) is 0. The van der Waals surface area contributed by atoms with E-state index in [4.69, 9.17) is 19.2 Å². The predicted molar refractivity (Wildman–Crippen MR) is 22.9 cm³/mol. The molecule has 10 heteroatoms. The van der Waals surface area contributed by atoms with Crippen LogP contribution < -0.4 is 29.6 Å². The average molecular weight is 233 g/mol. The maximum absolute atomic E-state index is 8.88. The number of hydrogen-bond donors (Lipinski definition) is 3. The van der Waals surface area contributed by atoms with Crippen LogP contribution in [-0.2, 0) is 23.1 Å². The normalized spacial score (nSPS) is 5.90. The second kappa shape index (κ2) is 16.8. The van der Waals surface area contributed by atoms with Crippen molar-refractivity contribution in [3.63, 3.8) is 0 Å². The molecule has 0 aromatic heterocycles. The van der Waals surface area contributed by atoms with Crippen molar-refractivity contribution in [3.05, 3.63) is 0 Å². The molecule has 0 aromatic rings. The Morgan fingerprint density at radius 3 is 1.00 bits per heavy atom. The molecule has 1 radical (unpaired) electrons. The average Bonchev–Trinajstić information content (AvgIpc) is 0.722. The number of hydrogen-bond acceptors (Lipinski definition) is 1. The number of phosphoric acid groups is 1. The molecule has 0 amide bonds. The minimum absolute atomic E-state index is 0. The van der Waals surface area contributed by atoms with E-state index in [0.717, 1.165) is 0 Å². The first-order valence-electron chi connectivity index (χ1n) is 0.783. The van der Waals surface area contributed by atoms with Crippen LogP contribution in [0, 0.1) is 0 Å². The van der Waals surface area contributed by atoms with Crippen molar-refractivity contribution in [2.75, 3.05) is 0 Å². The predicted octanol–water partition coefficient (Wildman–Crippen LogP) is -3.36. The van der Waals surface area contributed by atoms with Gasteiger partial charge in [0.15, 0.2) is 0 Å². The van der Waals surface area contributed by atoms with E-state index >= 15 is 0 Å². The Hall–Kier alpha value is 1.48. The van der Waals surface area contributed by atoms with Crippen molar-refractivity contribution < 1.29 is 82.9 Å². The fourth-order valence-electron chi connectivity index (χ4n) is 0. The Morgan fingerprint density at radius 2 is 1.00 bits per heavy atom. The van der Waals surface area contributed by atoms with E-state index in [1.165, 1.54) is 0 Å². The zero-order valence-corrected chi connectivity index (χ0v) is 9.16. The van der Waals surface area contributed by atoms with Gasteiger partial charge in [-0.1, -0.05) is 0 Å². The monoisotopic (exact) mass is 233 g/mol. The maximum Gasteiger partial charge on any atom is 1.00 e. The van der Waals surface area contributed by atoms with Gasteiger partial charge in [-0.25, -0.2) is 4.57 Å². The molecule has 4 nitrogen and oxygen atoms in total. The second-order valence-corrected chi connectivity index (χ2v) is 1.54. The molecule has 63 valence electrons. The van der Waals surface area contributed by atoms with E-state index in [1.54, 1.807) is 0 Å². The van der Waals surface area contributed by atoms with Crippen molar-refractivity contribution in [1.82, 2.24) is 0 Å². The molecule has 10 heavy (non-hydrogen) atoms. The van der Waals surface area contributed by atoms with Crippen LogP contribution in [-0.4, -0.2) is 14.7 Å². The molecule has 3 N–H and O–H groups in total. The molecule has 0 spiro atoms. The molecule has 0 saturated carbocycles. The van der Waals surface area contributed by atoms with Gasteiger partial charge in [-0.3, -0.25) is 14.1 Å². The molecule has 0 aromatic carbocycles. The summed E-state index contributed by atoms with van der Waals surface area (Å²) in [6.07, 6.45) is 0. The van der Waals surface area contributed by atoms with Crippen molar-refractivity contribution in [3.8, 4) is 0 Å². The minimum Gasteiger partial charge on any atom is -1.00 e. The number of halogens is 3. The summed E-state index contributed by atoms with van der Waals surface area (Å²) < 4.78 is 8.88. The molecule has 0 saturated heterocycles. The van der Waals surface area contributed by atoms with Crippen LogP contribution in [0.2, 0.25) is 0 Å². The van der Waals surface area contributed by atoms with E-state index in [2.05, 4.69) is 0 Å². The second-order valence-electron chi connectivity index (χ2n) is 0.513. The molecular weight excluding hydrogens is 226 g/mol. The van der Waals surface area contributed by atoms with Gasteiger partial charge >= 0.3 is 37.4 Å². The van der Waals surface area contributed by atoms with Crippen LogP contribution in [0.4, 0.5) is 14.1 Å². The van der Waals surface area contributed by atoms with E-state index in [0.29, 0.717) is 0 Å². The van der Waals surface area contributed by atoms with Gasteiger partial charge in [-0.05, 0) is 0 Å². The largest absolute Gasteiger partial charge is 1.00 e. The van der Waals surface area contributed by atoms with Gasteiger partial charge in [0.05, 0.1) is 0 Å². The van der Waals surface area contributed by atoms with Gasteiger partial charge in [0.1, 0.15) is 0 Å².